The predicted molar refractivity (Wildman–Crippen MR) is 92.1 cm³/mol. The van der Waals surface area contributed by atoms with E-state index in [1.165, 1.54) is 0 Å². The number of amides is 2. The summed E-state index contributed by atoms with van der Waals surface area (Å²) in [5.41, 5.74) is 0.834. The minimum atomic E-state index is -0.113. The lowest BCUT2D eigenvalue weighted by atomic mass is 9.95. The molecule has 1 aromatic rings. The number of ether oxygens (including phenoxy) is 1. The minimum absolute atomic E-state index is 0.0133. The van der Waals surface area contributed by atoms with Crippen LogP contribution in [0.25, 0.3) is 0 Å². The minimum Gasteiger partial charge on any atom is -0.484 e. The Morgan fingerprint density at radius 3 is 3.08 bits per heavy atom. The molecule has 2 amide bonds. The molecule has 6 nitrogen and oxygen atoms in total. The number of anilines is 1. The molecule has 24 heavy (non-hydrogen) atoms. The zero-order valence-electron chi connectivity index (χ0n) is 14.1. The molecule has 2 heterocycles. The summed E-state index contributed by atoms with van der Waals surface area (Å²) in [5.74, 6) is 1.11. The molecule has 2 saturated heterocycles. The summed E-state index contributed by atoms with van der Waals surface area (Å²) in [4.78, 5) is 25.7. The lowest BCUT2D eigenvalue weighted by Crippen LogP contribution is -2.51. The smallest absolute Gasteiger partial charge is 0.258 e. The van der Waals surface area contributed by atoms with Crippen LogP contribution in [-0.2, 0) is 9.59 Å². The molecule has 2 unspecified atom stereocenters. The van der Waals surface area contributed by atoms with Gasteiger partial charge in [-0.15, -0.1) is 0 Å². The Kier molecular flexibility index (Phi) is 5.35. The number of hydrogen-bond acceptors (Lipinski definition) is 4. The fraction of sp³-hybridized carbons (Fsp3) is 0.556. The molecule has 0 radical (unpaired) electrons. The average Bonchev–Trinajstić information content (AvgIpc) is 3.01. The van der Waals surface area contributed by atoms with Crippen molar-refractivity contribution in [1.29, 1.82) is 0 Å². The average molecular weight is 331 g/mol. The van der Waals surface area contributed by atoms with E-state index in [1.807, 2.05) is 24.3 Å². The van der Waals surface area contributed by atoms with Crippen LogP contribution >= 0.6 is 0 Å². The van der Waals surface area contributed by atoms with Crippen molar-refractivity contribution >= 4 is 17.5 Å². The molecule has 2 aliphatic rings. The largest absolute Gasteiger partial charge is 0.484 e. The molecule has 0 aromatic heterocycles. The van der Waals surface area contributed by atoms with E-state index in [9.17, 15) is 9.59 Å². The van der Waals surface area contributed by atoms with Crippen molar-refractivity contribution in [3.05, 3.63) is 24.3 Å². The molecular weight excluding hydrogens is 306 g/mol. The van der Waals surface area contributed by atoms with E-state index >= 15 is 0 Å². The number of hydrogen-bond donors (Lipinski definition) is 2. The van der Waals surface area contributed by atoms with Gasteiger partial charge in [0.1, 0.15) is 5.75 Å². The first-order valence-electron chi connectivity index (χ1n) is 8.67. The summed E-state index contributed by atoms with van der Waals surface area (Å²) < 4.78 is 5.61. The molecular formula is C18H25N3O3. The van der Waals surface area contributed by atoms with Gasteiger partial charge in [0.2, 0.25) is 5.91 Å². The zero-order valence-corrected chi connectivity index (χ0v) is 14.1. The number of nitrogens with one attached hydrogen (secondary N) is 2. The normalized spacial score (nSPS) is 24.0. The van der Waals surface area contributed by atoms with Crippen molar-refractivity contribution in [2.45, 2.75) is 32.2 Å². The maximum Gasteiger partial charge on any atom is 0.258 e. The number of carbonyl (C=O) groups is 2. The lowest BCUT2D eigenvalue weighted by Gasteiger charge is -2.30. The highest BCUT2D eigenvalue weighted by Crippen LogP contribution is 2.25. The Bertz CT molecular complexity index is 605. The first-order valence-corrected chi connectivity index (χ1v) is 8.67. The monoisotopic (exact) mass is 331 g/mol. The van der Waals surface area contributed by atoms with E-state index in [2.05, 4.69) is 17.6 Å². The zero-order chi connectivity index (χ0) is 16.9. The summed E-state index contributed by atoms with van der Waals surface area (Å²) in [6, 6.07) is 7.53. The van der Waals surface area contributed by atoms with E-state index in [1.54, 1.807) is 4.90 Å². The molecule has 3 rings (SSSR count). The van der Waals surface area contributed by atoms with Gasteiger partial charge in [-0.25, -0.2) is 0 Å². The topological polar surface area (TPSA) is 70.7 Å². The van der Waals surface area contributed by atoms with Crippen LogP contribution < -0.4 is 20.3 Å². The van der Waals surface area contributed by atoms with E-state index in [0.717, 1.165) is 38.2 Å². The van der Waals surface area contributed by atoms with Crippen molar-refractivity contribution in [3.63, 3.8) is 0 Å². The number of benzene rings is 1. The van der Waals surface area contributed by atoms with Gasteiger partial charge in [0.25, 0.3) is 5.91 Å². The second-order valence-electron chi connectivity index (χ2n) is 6.58. The highest BCUT2D eigenvalue weighted by molar-refractivity contribution is 5.95. The summed E-state index contributed by atoms with van der Waals surface area (Å²) in [5, 5.41) is 6.32. The quantitative estimate of drug-likeness (QED) is 0.853. The summed E-state index contributed by atoms with van der Waals surface area (Å²) >= 11 is 0. The molecule has 0 aliphatic carbocycles. The van der Waals surface area contributed by atoms with Crippen molar-refractivity contribution in [1.82, 2.24) is 10.6 Å². The molecule has 0 saturated carbocycles. The molecule has 2 atom stereocenters. The van der Waals surface area contributed by atoms with Gasteiger partial charge in [-0.2, -0.15) is 0 Å². The SMILES string of the molecule is CC1CCNCC1NC(=O)COc1cccc(N2CCCC2=O)c1. The molecule has 130 valence electrons. The van der Waals surface area contributed by atoms with Gasteiger partial charge in [-0.3, -0.25) is 9.59 Å². The Labute approximate surface area is 142 Å². The molecule has 2 N–H and O–H groups in total. The Morgan fingerprint density at radius 2 is 2.33 bits per heavy atom. The second-order valence-corrected chi connectivity index (χ2v) is 6.58. The lowest BCUT2D eigenvalue weighted by molar-refractivity contribution is -0.124. The predicted octanol–water partition coefficient (Wildman–Crippen LogP) is 1.31. The maximum atomic E-state index is 12.1. The van der Waals surface area contributed by atoms with Crippen LogP contribution in [0.5, 0.6) is 5.75 Å². The van der Waals surface area contributed by atoms with E-state index < -0.39 is 0 Å². The number of nitrogens with zero attached hydrogens (tertiary/aromatic N) is 1. The summed E-state index contributed by atoms with van der Waals surface area (Å²) in [7, 11) is 0. The van der Waals surface area contributed by atoms with Gasteiger partial charge in [0.15, 0.2) is 6.61 Å². The van der Waals surface area contributed by atoms with Crippen LogP contribution in [0.4, 0.5) is 5.69 Å². The van der Waals surface area contributed by atoms with Crippen LogP contribution in [-0.4, -0.2) is 44.1 Å². The van der Waals surface area contributed by atoms with Crippen LogP contribution in [0.2, 0.25) is 0 Å². The third kappa shape index (κ3) is 4.06. The third-order valence-electron chi connectivity index (χ3n) is 4.75. The number of piperidine rings is 1. The number of rotatable bonds is 5. The Hall–Kier alpha value is -2.08. The Morgan fingerprint density at radius 1 is 1.46 bits per heavy atom. The molecule has 6 heteroatoms. The van der Waals surface area contributed by atoms with Crippen LogP contribution in [0.1, 0.15) is 26.2 Å². The Balaban J connectivity index is 1.52. The maximum absolute atomic E-state index is 12.1. The number of carbonyl (C=O) groups excluding carboxylic acids is 2. The van der Waals surface area contributed by atoms with Gasteiger partial charge in [0.05, 0.1) is 0 Å². The fourth-order valence-corrected chi connectivity index (χ4v) is 3.24. The van der Waals surface area contributed by atoms with Gasteiger partial charge in [0, 0.05) is 37.3 Å². The van der Waals surface area contributed by atoms with E-state index in [-0.39, 0.29) is 24.5 Å². The summed E-state index contributed by atoms with van der Waals surface area (Å²) in [6.07, 6.45) is 2.55. The van der Waals surface area contributed by atoms with Crippen molar-refractivity contribution in [2.75, 3.05) is 31.1 Å². The molecule has 2 aliphatic heterocycles. The van der Waals surface area contributed by atoms with E-state index in [0.29, 0.717) is 18.1 Å². The van der Waals surface area contributed by atoms with E-state index in [4.69, 9.17) is 4.74 Å². The van der Waals surface area contributed by atoms with Crippen molar-refractivity contribution in [3.8, 4) is 5.75 Å². The highest BCUT2D eigenvalue weighted by Gasteiger charge is 2.23. The highest BCUT2D eigenvalue weighted by atomic mass is 16.5. The van der Waals surface area contributed by atoms with Crippen LogP contribution in [0.3, 0.4) is 0 Å². The first-order chi connectivity index (χ1) is 11.6. The summed E-state index contributed by atoms with van der Waals surface area (Å²) in [6.45, 7) is 4.70. The van der Waals surface area contributed by atoms with Crippen molar-refractivity contribution in [2.24, 2.45) is 5.92 Å². The standard InChI is InChI=1S/C18H25N3O3/c1-13-7-8-19-11-16(13)20-17(22)12-24-15-5-2-4-14(10-15)21-9-3-6-18(21)23/h2,4-5,10,13,16,19H,3,6-9,11-12H2,1H3,(H,20,22). The molecule has 0 bridgehead atoms. The molecule has 1 aromatic carbocycles. The van der Waals surface area contributed by atoms with Crippen molar-refractivity contribution < 1.29 is 14.3 Å². The van der Waals surface area contributed by atoms with Gasteiger partial charge >= 0.3 is 0 Å². The fourth-order valence-electron chi connectivity index (χ4n) is 3.24. The first kappa shape index (κ1) is 16.8. The van der Waals surface area contributed by atoms with Gasteiger partial charge in [-0.05, 0) is 37.4 Å². The second kappa shape index (κ2) is 7.66. The van der Waals surface area contributed by atoms with Crippen LogP contribution in [0.15, 0.2) is 24.3 Å². The van der Waals surface area contributed by atoms with Gasteiger partial charge < -0.3 is 20.3 Å². The molecule has 2 fully saturated rings. The van der Waals surface area contributed by atoms with Crippen LogP contribution in [0, 0.1) is 5.92 Å². The van der Waals surface area contributed by atoms with Gasteiger partial charge in [-0.1, -0.05) is 13.0 Å². The molecule has 0 spiro atoms. The third-order valence-corrected chi connectivity index (χ3v) is 4.75.